The lowest BCUT2D eigenvalue weighted by molar-refractivity contribution is 0.0908. The fourth-order valence-electron chi connectivity index (χ4n) is 3.01. The lowest BCUT2D eigenvalue weighted by atomic mass is 10.0. The number of aliphatic hydroxyl groups is 1. The van der Waals surface area contributed by atoms with Crippen LogP contribution in [0, 0.1) is 0 Å². The third-order valence-corrected chi connectivity index (χ3v) is 3.95. The largest absolute Gasteiger partial charge is 0.395 e. The highest BCUT2D eigenvalue weighted by Crippen LogP contribution is 2.17. The van der Waals surface area contributed by atoms with Gasteiger partial charge in [-0.1, -0.05) is 36.8 Å². The maximum Gasteiger partial charge on any atom is 0.0558 e. The molecule has 0 radical (unpaired) electrons. The summed E-state index contributed by atoms with van der Waals surface area (Å²) >= 11 is 0. The van der Waals surface area contributed by atoms with Crippen molar-refractivity contribution < 1.29 is 5.11 Å². The van der Waals surface area contributed by atoms with E-state index in [-0.39, 0.29) is 6.61 Å². The smallest absolute Gasteiger partial charge is 0.0558 e. The second kappa shape index (κ2) is 7.63. The van der Waals surface area contributed by atoms with Gasteiger partial charge in [-0.25, -0.2) is 0 Å². The van der Waals surface area contributed by atoms with E-state index in [2.05, 4.69) is 47.2 Å². The zero-order valence-corrected chi connectivity index (χ0v) is 12.0. The molecule has 106 valence electrons. The van der Waals surface area contributed by atoms with Gasteiger partial charge in [-0.2, -0.15) is 0 Å². The highest BCUT2D eigenvalue weighted by Gasteiger charge is 2.22. The van der Waals surface area contributed by atoms with Gasteiger partial charge >= 0.3 is 0 Å². The number of β-amino-alcohol motifs (C(OH)–C–C–N with tert-alkyl or cyclic N) is 1. The molecule has 1 aromatic rings. The number of aliphatic hydroxyl groups excluding tert-OH is 1. The van der Waals surface area contributed by atoms with Gasteiger partial charge < -0.3 is 10.0 Å². The quantitative estimate of drug-likeness (QED) is 0.849. The topological polar surface area (TPSA) is 26.7 Å². The average Bonchev–Trinajstić information content (AvgIpc) is 2.42. The van der Waals surface area contributed by atoms with E-state index in [9.17, 15) is 0 Å². The van der Waals surface area contributed by atoms with Crippen LogP contribution in [-0.2, 0) is 6.54 Å². The Morgan fingerprint density at radius 1 is 1.26 bits per heavy atom. The minimum Gasteiger partial charge on any atom is -0.395 e. The maximum atomic E-state index is 9.15. The average molecular weight is 262 g/mol. The molecule has 1 aliphatic rings. The Balaban J connectivity index is 1.84. The van der Waals surface area contributed by atoms with Crippen LogP contribution in [0.5, 0.6) is 0 Å². The SMILES string of the molecule is CN(Cc1ccccc1)CC1CCCCN1CCO. The molecule has 1 atom stereocenters. The minimum atomic E-state index is 0.277. The third-order valence-electron chi connectivity index (χ3n) is 3.95. The Hall–Kier alpha value is -0.900. The standard InChI is InChI=1S/C16H26N2O/c1-17(13-15-7-3-2-4-8-15)14-16-9-5-6-10-18(16)11-12-19/h2-4,7-8,16,19H,5-6,9-14H2,1H3. The Kier molecular flexibility index (Phi) is 5.83. The highest BCUT2D eigenvalue weighted by molar-refractivity contribution is 5.14. The van der Waals surface area contributed by atoms with E-state index >= 15 is 0 Å². The van der Waals surface area contributed by atoms with Crippen LogP contribution in [-0.4, -0.2) is 54.2 Å². The molecule has 0 saturated carbocycles. The molecule has 1 N–H and O–H groups in total. The fraction of sp³-hybridized carbons (Fsp3) is 0.625. The van der Waals surface area contributed by atoms with Gasteiger partial charge in [0.1, 0.15) is 0 Å². The van der Waals surface area contributed by atoms with Crippen LogP contribution in [0.4, 0.5) is 0 Å². The molecule has 1 unspecified atom stereocenters. The maximum absolute atomic E-state index is 9.15. The molecule has 3 nitrogen and oxygen atoms in total. The molecule has 0 aliphatic carbocycles. The summed E-state index contributed by atoms with van der Waals surface area (Å²) in [7, 11) is 2.19. The zero-order valence-electron chi connectivity index (χ0n) is 12.0. The lowest BCUT2D eigenvalue weighted by Gasteiger charge is -2.37. The first kappa shape index (κ1) is 14.5. The molecule has 1 aromatic carbocycles. The minimum absolute atomic E-state index is 0.277. The monoisotopic (exact) mass is 262 g/mol. The molecule has 0 aromatic heterocycles. The van der Waals surface area contributed by atoms with Crippen LogP contribution < -0.4 is 0 Å². The van der Waals surface area contributed by atoms with E-state index in [1.54, 1.807) is 0 Å². The first-order valence-electron chi connectivity index (χ1n) is 7.37. The molecule has 0 spiro atoms. The molecule has 1 aliphatic heterocycles. The van der Waals surface area contributed by atoms with Gasteiger partial charge in [0.05, 0.1) is 6.61 Å². The highest BCUT2D eigenvalue weighted by atomic mass is 16.3. The molecule has 2 rings (SSSR count). The van der Waals surface area contributed by atoms with Gasteiger partial charge in [0.15, 0.2) is 0 Å². The van der Waals surface area contributed by atoms with Crippen LogP contribution in [0.1, 0.15) is 24.8 Å². The van der Waals surface area contributed by atoms with Crippen molar-refractivity contribution in [3.8, 4) is 0 Å². The van der Waals surface area contributed by atoms with Crippen molar-refractivity contribution >= 4 is 0 Å². The number of likely N-dealkylation sites (N-methyl/N-ethyl adjacent to an activating group) is 1. The van der Waals surface area contributed by atoms with E-state index in [4.69, 9.17) is 5.11 Å². The first-order valence-corrected chi connectivity index (χ1v) is 7.37. The van der Waals surface area contributed by atoms with E-state index in [1.165, 1.54) is 24.8 Å². The Bertz CT molecular complexity index is 353. The molecule has 1 fully saturated rings. The molecule has 0 amide bonds. The fourth-order valence-corrected chi connectivity index (χ4v) is 3.01. The number of hydrogen-bond acceptors (Lipinski definition) is 3. The van der Waals surface area contributed by atoms with Gasteiger partial charge in [-0.15, -0.1) is 0 Å². The molecule has 1 heterocycles. The molecular weight excluding hydrogens is 236 g/mol. The van der Waals surface area contributed by atoms with E-state index < -0.39 is 0 Å². The molecule has 1 saturated heterocycles. The van der Waals surface area contributed by atoms with Crippen molar-refractivity contribution in [2.75, 3.05) is 33.3 Å². The van der Waals surface area contributed by atoms with Crippen molar-refractivity contribution in [3.05, 3.63) is 35.9 Å². The van der Waals surface area contributed by atoms with Crippen molar-refractivity contribution in [1.29, 1.82) is 0 Å². The third kappa shape index (κ3) is 4.60. The predicted octanol–water partition coefficient (Wildman–Crippen LogP) is 1.97. The van der Waals surface area contributed by atoms with Crippen molar-refractivity contribution in [3.63, 3.8) is 0 Å². The summed E-state index contributed by atoms with van der Waals surface area (Å²) in [4.78, 5) is 4.85. The first-order chi connectivity index (χ1) is 9.29. The van der Waals surface area contributed by atoms with Crippen LogP contribution in [0.15, 0.2) is 30.3 Å². The van der Waals surface area contributed by atoms with Gasteiger partial charge in [-0.3, -0.25) is 4.90 Å². The summed E-state index contributed by atoms with van der Waals surface area (Å²) in [5.74, 6) is 0. The van der Waals surface area contributed by atoms with Gasteiger partial charge in [0.2, 0.25) is 0 Å². The lowest BCUT2D eigenvalue weighted by Crippen LogP contribution is -2.46. The number of hydrogen-bond donors (Lipinski definition) is 1. The number of nitrogens with zero attached hydrogens (tertiary/aromatic N) is 2. The normalized spacial score (nSPS) is 20.9. The summed E-state index contributed by atoms with van der Waals surface area (Å²) in [6.07, 6.45) is 3.86. The number of rotatable bonds is 6. The van der Waals surface area contributed by atoms with Crippen LogP contribution in [0.25, 0.3) is 0 Å². The predicted molar refractivity (Wildman–Crippen MR) is 79.1 cm³/mol. The molecule has 19 heavy (non-hydrogen) atoms. The van der Waals surface area contributed by atoms with Crippen LogP contribution >= 0.6 is 0 Å². The zero-order chi connectivity index (χ0) is 13.5. The molecule has 3 heteroatoms. The van der Waals surface area contributed by atoms with Crippen molar-refractivity contribution in [2.45, 2.75) is 31.8 Å². The summed E-state index contributed by atoms with van der Waals surface area (Å²) in [5.41, 5.74) is 1.37. The van der Waals surface area contributed by atoms with E-state index in [1.807, 2.05) is 0 Å². The van der Waals surface area contributed by atoms with Gasteiger partial charge in [0, 0.05) is 25.7 Å². The van der Waals surface area contributed by atoms with E-state index in [0.29, 0.717) is 6.04 Å². The van der Waals surface area contributed by atoms with Crippen LogP contribution in [0.3, 0.4) is 0 Å². The Labute approximate surface area is 116 Å². The molecule has 0 bridgehead atoms. The molecular formula is C16H26N2O. The summed E-state index contributed by atoms with van der Waals surface area (Å²) in [6, 6.07) is 11.2. The second-order valence-electron chi connectivity index (χ2n) is 5.59. The summed E-state index contributed by atoms with van der Waals surface area (Å²) in [5, 5.41) is 9.15. The van der Waals surface area contributed by atoms with E-state index in [0.717, 1.165) is 26.2 Å². The van der Waals surface area contributed by atoms with Crippen LogP contribution in [0.2, 0.25) is 0 Å². The van der Waals surface area contributed by atoms with Gasteiger partial charge in [-0.05, 0) is 32.0 Å². The summed E-state index contributed by atoms with van der Waals surface area (Å²) < 4.78 is 0. The van der Waals surface area contributed by atoms with Crippen molar-refractivity contribution in [1.82, 2.24) is 9.80 Å². The number of piperidine rings is 1. The van der Waals surface area contributed by atoms with Crippen molar-refractivity contribution in [2.24, 2.45) is 0 Å². The summed E-state index contributed by atoms with van der Waals surface area (Å²) in [6.45, 7) is 4.34. The number of likely N-dealkylation sites (tertiary alicyclic amines) is 1. The number of benzene rings is 1. The second-order valence-corrected chi connectivity index (χ2v) is 5.59. The van der Waals surface area contributed by atoms with Gasteiger partial charge in [0.25, 0.3) is 0 Å². The Morgan fingerprint density at radius 3 is 2.79 bits per heavy atom. The Morgan fingerprint density at radius 2 is 2.05 bits per heavy atom.